The van der Waals surface area contributed by atoms with Crippen LogP contribution in [0.3, 0.4) is 0 Å². The van der Waals surface area contributed by atoms with Gasteiger partial charge < -0.3 is 0 Å². The molecule has 0 saturated carbocycles. The standard InChI is InChI=1S/C4H12N4/c1-7(2)5-6-8(3)4/h1-4H3/p+1/b6-5+. The van der Waals surface area contributed by atoms with Crippen LogP contribution in [-0.4, -0.2) is 33.2 Å². The summed E-state index contributed by atoms with van der Waals surface area (Å²) in [4.78, 5) is 0. The monoisotopic (exact) mass is 117 g/mol. The maximum atomic E-state index is 3.79. The Bertz CT molecular complexity index is 66.1. The summed E-state index contributed by atoms with van der Waals surface area (Å²) < 4.78 is 0. The third-order valence-electron chi connectivity index (χ3n) is 0.424. The predicted molar refractivity (Wildman–Crippen MR) is 31.4 cm³/mol. The SMILES string of the molecule is CN(C)/N=N/[NH+](C)C. The molecule has 0 spiro atoms. The second kappa shape index (κ2) is 3.37. The molecule has 1 N–H and O–H groups in total. The molecule has 0 aliphatic rings. The van der Waals surface area contributed by atoms with E-state index in [-0.39, 0.29) is 0 Å². The van der Waals surface area contributed by atoms with Crippen molar-refractivity contribution in [3.63, 3.8) is 0 Å². The van der Waals surface area contributed by atoms with E-state index in [4.69, 9.17) is 0 Å². The highest BCUT2D eigenvalue weighted by Crippen LogP contribution is 1.69. The number of quaternary nitrogens is 1. The minimum Gasteiger partial charge on any atom is -0.280 e. The lowest BCUT2D eigenvalue weighted by Crippen LogP contribution is -3.00. The second-order valence-electron chi connectivity index (χ2n) is 1.98. The van der Waals surface area contributed by atoms with Crippen molar-refractivity contribution in [1.29, 1.82) is 0 Å². The topological polar surface area (TPSA) is 32.4 Å². The van der Waals surface area contributed by atoms with Crippen molar-refractivity contribution in [2.75, 3.05) is 28.2 Å². The van der Waals surface area contributed by atoms with Gasteiger partial charge in [-0.1, -0.05) is 0 Å². The molecule has 0 unspecified atom stereocenters. The maximum Gasteiger partial charge on any atom is 0.0924 e. The minimum absolute atomic E-state index is 0.971. The predicted octanol–water partition coefficient (Wildman–Crippen LogP) is -1.03. The Hall–Kier alpha value is -0.640. The molecule has 0 aromatic rings. The molecule has 0 bridgehead atoms. The molecule has 8 heavy (non-hydrogen) atoms. The van der Waals surface area contributed by atoms with Crippen LogP contribution in [-0.2, 0) is 0 Å². The second-order valence-corrected chi connectivity index (χ2v) is 1.98. The van der Waals surface area contributed by atoms with Crippen molar-refractivity contribution in [2.45, 2.75) is 0 Å². The fourth-order valence-electron chi connectivity index (χ4n) is 0.179. The first-order valence-electron chi connectivity index (χ1n) is 2.52. The number of hydrogen-bond donors (Lipinski definition) is 1. The van der Waals surface area contributed by atoms with Crippen LogP contribution in [0.4, 0.5) is 0 Å². The van der Waals surface area contributed by atoms with Crippen molar-refractivity contribution < 1.29 is 5.01 Å². The van der Waals surface area contributed by atoms with Gasteiger partial charge in [0.15, 0.2) is 0 Å². The van der Waals surface area contributed by atoms with Gasteiger partial charge in [0.05, 0.1) is 14.1 Å². The largest absolute Gasteiger partial charge is 0.280 e. The molecule has 4 heteroatoms. The van der Waals surface area contributed by atoms with E-state index in [1.54, 1.807) is 5.01 Å². The van der Waals surface area contributed by atoms with Crippen LogP contribution in [0.5, 0.6) is 0 Å². The van der Waals surface area contributed by atoms with Crippen LogP contribution in [0.15, 0.2) is 10.4 Å². The molecule has 0 fully saturated rings. The van der Waals surface area contributed by atoms with Gasteiger partial charge in [-0.25, -0.2) is 0 Å². The van der Waals surface area contributed by atoms with Gasteiger partial charge in [-0.3, -0.25) is 5.01 Å². The van der Waals surface area contributed by atoms with Crippen LogP contribution in [0.2, 0.25) is 0 Å². The first-order chi connectivity index (χ1) is 3.63. The molecular weight excluding hydrogens is 104 g/mol. The molecule has 0 rings (SSSR count). The van der Waals surface area contributed by atoms with Crippen molar-refractivity contribution in [1.82, 2.24) is 5.01 Å². The van der Waals surface area contributed by atoms with Gasteiger partial charge in [-0.2, -0.15) is 5.01 Å². The van der Waals surface area contributed by atoms with Crippen molar-refractivity contribution in [3.05, 3.63) is 0 Å². The Kier molecular flexibility index (Phi) is 3.10. The fourth-order valence-corrected chi connectivity index (χ4v) is 0.179. The Balaban J connectivity index is 3.34. The zero-order valence-electron chi connectivity index (χ0n) is 5.84. The molecule has 0 aliphatic heterocycles. The van der Waals surface area contributed by atoms with E-state index in [1.807, 2.05) is 28.2 Å². The molecule has 0 radical (unpaired) electrons. The molecule has 4 nitrogen and oxygen atoms in total. The summed E-state index contributed by atoms with van der Waals surface area (Å²) in [6.45, 7) is 0. The number of nitrogens with one attached hydrogen (secondary N) is 1. The summed E-state index contributed by atoms with van der Waals surface area (Å²) in [6.07, 6.45) is 0. The smallest absolute Gasteiger partial charge is 0.0924 e. The molecule has 0 aliphatic carbocycles. The minimum atomic E-state index is 0.971. The third-order valence-corrected chi connectivity index (χ3v) is 0.424. The van der Waals surface area contributed by atoms with E-state index in [1.165, 1.54) is 0 Å². The van der Waals surface area contributed by atoms with Gasteiger partial charge in [0.2, 0.25) is 0 Å². The molecule has 0 aromatic carbocycles. The molecular formula is C4H13N4+. The van der Waals surface area contributed by atoms with E-state index < -0.39 is 0 Å². The van der Waals surface area contributed by atoms with Crippen LogP contribution in [0.1, 0.15) is 0 Å². The molecule has 48 valence electrons. The first kappa shape index (κ1) is 7.36. The van der Waals surface area contributed by atoms with Gasteiger partial charge in [0.1, 0.15) is 0 Å². The first-order valence-corrected chi connectivity index (χ1v) is 2.52. The van der Waals surface area contributed by atoms with Crippen molar-refractivity contribution in [2.24, 2.45) is 10.4 Å². The molecule has 0 amide bonds. The van der Waals surface area contributed by atoms with Crippen LogP contribution in [0, 0.1) is 0 Å². The molecule has 0 aromatic heterocycles. The molecule has 0 saturated heterocycles. The average molecular weight is 117 g/mol. The quantitative estimate of drug-likeness (QED) is 0.364. The number of rotatable bonds is 2. The highest BCUT2D eigenvalue weighted by atomic mass is 15.6. The van der Waals surface area contributed by atoms with Crippen LogP contribution < -0.4 is 5.01 Å². The summed E-state index contributed by atoms with van der Waals surface area (Å²) in [5, 5.41) is 10.2. The summed E-state index contributed by atoms with van der Waals surface area (Å²) in [7, 11) is 7.50. The Morgan fingerprint density at radius 1 is 1.25 bits per heavy atom. The average Bonchev–Trinajstić information content (AvgIpc) is 1.61. The lowest BCUT2D eigenvalue weighted by atomic mass is 11.2. The van der Waals surface area contributed by atoms with E-state index >= 15 is 0 Å². The Morgan fingerprint density at radius 2 is 1.75 bits per heavy atom. The Morgan fingerprint density at radius 3 is 1.88 bits per heavy atom. The van der Waals surface area contributed by atoms with E-state index in [2.05, 4.69) is 10.4 Å². The van der Waals surface area contributed by atoms with Gasteiger partial charge >= 0.3 is 0 Å². The summed E-state index contributed by atoms with van der Waals surface area (Å²) in [5.74, 6) is 0. The molecule has 0 atom stereocenters. The van der Waals surface area contributed by atoms with E-state index in [9.17, 15) is 0 Å². The highest BCUT2D eigenvalue weighted by molar-refractivity contribution is 4.10. The zero-order chi connectivity index (χ0) is 6.57. The maximum absolute atomic E-state index is 3.79. The van der Waals surface area contributed by atoms with Crippen LogP contribution in [0.25, 0.3) is 0 Å². The zero-order valence-corrected chi connectivity index (χ0v) is 5.84. The lowest BCUT2D eigenvalue weighted by molar-refractivity contribution is -0.871. The van der Waals surface area contributed by atoms with Gasteiger partial charge in [-0.05, 0) is 5.22 Å². The third kappa shape index (κ3) is 5.36. The lowest BCUT2D eigenvalue weighted by Gasteiger charge is -1.99. The van der Waals surface area contributed by atoms with Crippen molar-refractivity contribution in [3.8, 4) is 0 Å². The highest BCUT2D eigenvalue weighted by Gasteiger charge is 1.82. The van der Waals surface area contributed by atoms with Gasteiger partial charge in [0, 0.05) is 19.3 Å². The van der Waals surface area contributed by atoms with Crippen LogP contribution >= 0.6 is 0 Å². The summed E-state index contributed by atoms with van der Waals surface area (Å²) in [5.41, 5.74) is 0. The molecule has 0 heterocycles. The fraction of sp³-hybridized carbons (Fsp3) is 1.00. The van der Waals surface area contributed by atoms with E-state index in [0.29, 0.717) is 0 Å². The van der Waals surface area contributed by atoms with Crippen molar-refractivity contribution >= 4 is 0 Å². The normalized spacial score (nSPS) is 11.1. The van der Waals surface area contributed by atoms with Gasteiger partial charge in [-0.15, -0.1) is 0 Å². The van der Waals surface area contributed by atoms with Gasteiger partial charge in [0.25, 0.3) is 0 Å². The number of nitrogens with zero attached hydrogens (tertiary/aromatic N) is 3. The summed E-state index contributed by atoms with van der Waals surface area (Å²) in [6, 6.07) is 0. The summed E-state index contributed by atoms with van der Waals surface area (Å²) >= 11 is 0. The van der Waals surface area contributed by atoms with E-state index in [0.717, 1.165) is 5.01 Å². The Labute approximate surface area is 49.7 Å². The number of hydrogen-bond acceptors (Lipinski definition) is 2.